The number of nitrogens with zero attached hydrogens (tertiary/aromatic N) is 1. The maximum Gasteiger partial charge on any atom is 0.273 e. The average molecular weight is 389 g/mol. The molecule has 1 heterocycles. The quantitative estimate of drug-likeness (QED) is 0.501. The molecule has 0 aliphatic carbocycles. The van der Waals surface area contributed by atoms with E-state index in [-0.39, 0.29) is 0 Å². The van der Waals surface area contributed by atoms with Crippen LogP contribution in [0.2, 0.25) is 10.0 Å². The lowest BCUT2D eigenvalue weighted by atomic mass is 10.1. The molecule has 0 radical (unpaired) electrons. The molecule has 0 aliphatic rings. The van der Waals surface area contributed by atoms with Gasteiger partial charge in [-0.25, -0.2) is 5.43 Å². The van der Waals surface area contributed by atoms with Gasteiger partial charge in [0.1, 0.15) is 11.5 Å². The van der Waals surface area contributed by atoms with Gasteiger partial charge >= 0.3 is 0 Å². The van der Waals surface area contributed by atoms with Crippen molar-refractivity contribution in [2.24, 2.45) is 5.10 Å². The van der Waals surface area contributed by atoms with Gasteiger partial charge in [0.25, 0.3) is 5.91 Å². The standard InChI is InChI=1S/C19H14Cl2N2O3/c20-15-8-6-13(10-16(15)21)17-9-7-14(26-17)11-22-23-19(25)18(24)12-4-2-1-3-5-12/h1-11,18,24H,(H,23,25)/b22-11-/t18-/m0/s1. The van der Waals surface area contributed by atoms with E-state index < -0.39 is 12.0 Å². The van der Waals surface area contributed by atoms with Crippen molar-refractivity contribution in [3.8, 4) is 11.3 Å². The first-order valence-corrected chi connectivity index (χ1v) is 8.41. The Bertz CT molecular complexity index is 939. The van der Waals surface area contributed by atoms with Gasteiger partial charge in [0, 0.05) is 5.56 Å². The normalized spacial score (nSPS) is 12.3. The van der Waals surface area contributed by atoms with Crippen molar-refractivity contribution in [1.29, 1.82) is 0 Å². The smallest absolute Gasteiger partial charge is 0.273 e. The Morgan fingerprint density at radius 3 is 2.58 bits per heavy atom. The second-order valence-electron chi connectivity index (χ2n) is 5.38. The summed E-state index contributed by atoms with van der Waals surface area (Å²) in [7, 11) is 0. The number of carbonyl (C=O) groups excluding carboxylic acids is 1. The van der Waals surface area contributed by atoms with Crippen molar-refractivity contribution in [2.75, 3.05) is 0 Å². The SMILES string of the molecule is O=C(N/N=C\c1ccc(-c2ccc(Cl)c(Cl)c2)o1)[C@@H](O)c1ccccc1. The van der Waals surface area contributed by atoms with Crippen molar-refractivity contribution in [3.63, 3.8) is 0 Å². The monoisotopic (exact) mass is 388 g/mol. The third-order valence-electron chi connectivity index (χ3n) is 3.56. The highest BCUT2D eigenvalue weighted by atomic mass is 35.5. The molecule has 0 spiro atoms. The molecule has 1 amide bonds. The molecule has 2 N–H and O–H groups in total. The fourth-order valence-corrected chi connectivity index (χ4v) is 2.53. The second-order valence-corrected chi connectivity index (χ2v) is 6.19. The second kappa shape index (κ2) is 8.19. The number of aliphatic hydroxyl groups is 1. The molecule has 0 saturated carbocycles. The number of hydrazone groups is 1. The first kappa shape index (κ1) is 18.2. The van der Waals surface area contributed by atoms with Crippen molar-refractivity contribution >= 4 is 35.3 Å². The maximum absolute atomic E-state index is 11.9. The minimum Gasteiger partial charge on any atom is -0.455 e. The van der Waals surface area contributed by atoms with Gasteiger partial charge in [-0.1, -0.05) is 53.5 Å². The number of nitrogens with one attached hydrogen (secondary N) is 1. The summed E-state index contributed by atoms with van der Waals surface area (Å²) in [5, 5.41) is 14.6. The summed E-state index contributed by atoms with van der Waals surface area (Å²) in [5.74, 6) is 0.380. The number of rotatable bonds is 5. The number of furan rings is 1. The Labute approximate surface area is 159 Å². The van der Waals surface area contributed by atoms with E-state index in [1.165, 1.54) is 6.21 Å². The van der Waals surface area contributed by atoms with Crippen molar-refractivity contribution in [2.45, 2.75) is 6.10 Å². The lowest BCUT2D eigenvalue weighted by Gasteiger charge is -2.08. The summed E-state index contributed by atoms with van der Waals surface area (Å²) in [5.41, 5.74) is 3.53. The summed E-state index contributed by atoms with van der Waals surface area (Å²) in [6, 6.07) is 17.2. The van der Waals surface area contributed by atoms with Crippen LogP contribution in [-0.2, 0) is 4.79 Å². The molecule has 2 aromatic carbocycles. The Morgan fingerprint density at radius 2 is 1.85 bits per heavy atom. The molecule has 0 unspecified atom stereocenters. The van der Waals surface area contributed by atoms with Crippen LogP contribution in [0, 0.1) is 0 Å². The topological polar surface area (TPSA) is 74.8 Å². The molecule has 132 valence electrons. The van der Waals surface area contributed by atoms with E-state index in [0.717, 1.165) is 5.56 Å². The van der Waals surface area contributed by atoms with Crippen molar-refractivity contribution < 1.29 is 14.3 Å². The number of hydrogen-bond donors (Lipinski definition) is 2. The summed E-state index contributed by atoms with van der Waals surface area (Å²) < 4.78 is 5.63. The molecule has 1 atom stereocenters. The van der Waals surface area contributed by atoms with E-state index in [0.29, 0.717) is 27.1 Å². The first-order chi connectivity index (χ1) is 12.5. The highest BCUT2D eigenvalue weighted by Crippen LogP contribution is 2.29. The summed E-state index contributed by atoms with van der Waals surface area (Å²) in [6.45, 7) is 0. The molecule has 5 nitrogen and oxygen atoms in total. The van der Waals surface area contributed by atoms with Gasteiger partial charge in [-0.15, -0.1) is 0 Å². The Hall–Kier alpha value is -2.60. The zero-order valence-electron chi connectivity index (χ0n) is 13.4. The number of halogens is 2. The van der Waals surface area contributed by atoms with E-state index >= 15 is 0 Å². The Kier molecular flexibility index (Phi) is 5.73. The van der Waals surface area contributed by atoms with Crippen LogP contribution in [0.25, 0.3) is 11.3 Å². The minimum atomic E-state index is -1.29. The number of aliphatic hydroxyl groups excluding tert-OH is 1. The van der Waals surface area contributed by atoms with Crippen molar-refractivity contribution in [1.82, 2.24) is 5.43 Å². The van der Waals surface area contributed by atoms with Crippen molar-refractivity contribution in [3.05, 3.63) is 82.0 Å². The van der Waals surface area contributed by atoms with Crippen LogP contribution in [0.15, 0.2) is 70.2 Å². The van der Waals surface area contributed by atoms with E-state index in [2.05, 4.69) is 10.5 Å². The average Bonchev–Trinajstić information content (AvgIpc) is 3.13. The molecule has 7 heteroatoms. The van der Waals surface area contributed by atoms with E-state index in [1.54, 1.807) is 60.7 Å². The van der Waals surface area contributed by atoms with Gasteiger partial charge in [0.15, 0.2) is 6.10 Å². The molecule has 1 aromatic heterocycles. The fourth-order valence-electron chi connectivity index (χ4n) is 2.23. The highest BCUT2D eigenvalue weighted by Gasteiger charge is 2.16. The van der Waals surface area contributed by atoms with Crippen LogP contribution in [0.1, 0.15) is 17.4 Å². The predicted molar refractivity (Wildman–Crippen MR) is 101 cm³/mol. The lowest BCUT2D eigenvalue weighted by Crippen LogP contribution is -2.25. The van der Waals surface area contributed by atoms with Gasteiger partial charge in [-0.3, -0.25) is 4.79 Å². The molecular weight excluding hydrogens is 375 g/mol. The molecular formula is C19H14Cl2N2O3. The van der Waals surface area contributed by atoms with Crippen LogP contribution in [-0.4, -0.2) is 17.2 Å². The van der Waals surface area contributed by atoms with E-state index in [4.69, 9.17) is 27.6 Å². The zero-order valence-corrected chi connectivity index (χ0v) is 14.9. The van der Waals surface area contributed by atoms with Gasteiger partial charge < -0.3 is 9.52 Å². The minimum absolute atomic E-state index is 0.429. The summed E-state index contributed by atoms with van der Waals surface area (Å²) >= 11 is 11.9. The lowest BCUT2D eigenvalue weighted by molar-refractivity contribution is -0.129. The zero-order chi connectivity index (χ0) is 18.5. The fraction of sp³-hybridized carbons (Fsp3) is 0.0526. The number of carbonyl (C=O) groups is 1. The molecule has 0 aliphatic heterocycles. The molecule has 3 aromatic rings. The largest absolute Gasteiger partial charge is 0.455 e. The van der Waals surface area contributed by atoms with E-state index in [9.17, 15) is 9.90 Å². The highest BCUT2D eigenvalue weighted by molar-refractivity contribution is 6.42. The van der Waals surface area contributed by atoms with Crippen LogP contribution in [0.4, 0.5) is 0 Å². The van der Waals surface area contributed by atoms with Crippen LogP contribution in [0.5, 0.6) is 0 Å². The van der Waals surface area contributed by atoms with Gasteiger partial charge in [0.2, 0.25) is 0 Å². The number of amides is 1. The molecule has 0 saturated heterocycles. The third kappa shape index (κ3) is 4.32. The van der Waals surface area contributed by atoms with Crippen LogP contribution in [0.3, 0.4) is 0 Å². The Morgan fingerprint density at radius 1 is 1.08 bits per heavy atom. The number of benzene rings is 2. The molecule has 0 bridgehead atoms. The Balaban J connectivity index is 1.63. The molecule has 3 rings (SSSR count). The number of hydrogen-bond acceptors (Lipinski definition) is 4. The maximum atomic E-state index is 11.9. The summed E-state index contributed by atoms with van der Waals surface area (Å²) in [4.78, 5) is 11.9. The molecule has 26 heavy (non-hydrogen) atoms. The van der Waals surface area contributed by atoms with Gasteiger partial charge in [0.05, 0.1) is 16.3 Å². The van der Waals surface area contributed by atoms with Crippen LogP contribution >= 0.6 is 23.2 Å². The van der Waals surface area contributed by atoms with Gasteiger partial charge in [-0.05, 0) is 35.9 Å². The third-order valence-corrected chi connectivity index (χ3v) is 4.30. The van der Waals surface area contributed by atoms with Gasteiger partial charge in [-0.2, -0.15) is 5.10 Å². The summed E-state index contributed by atoms with van der Waals surface area (Å²) in [6.07, 6.45) is 0.0492. The van der Waals surface area contributed by atoms with Crippen LogP contribution < -0.4 is 5.43 Å². The first-order valence-electron chi connectivity index (χ1n) is 7.66. The van der Waals surface area contributed by atoms with E-state index in [1.807, 2.05) is 0 Å². The predicted octanol–water partition coefficient (Wildman–Crippen LogP) is 4.44. The molecule has 0 fully saturated rings.